The molecular formula is C14H13FN2OS2. The molecule has 0 aliphatic heterocycles. The van der Waals surface area contributed by atoms with Crippen LogP contribution in [0.3, 0.4) is 0 Å². The second-order valence-electron chi connectivity index (χ2n) is 4.29. The lowest BCUT2D eigenvalue weighted by Crippen LogP contribution is -2.23. The molecule has 104 valence electrons. The first-order valence-electron chi connectivity index (χ1n) is 5.89. The fourth-order valence-corrected chi connectivity index (χ4v) is 2.67. The summed E-state index contributed by atoms with van der Waals surface area (Å²) >= 11 is 6.15. The SMILES string of the molecule is Cc1ccsc1C(=O)NCc1ccc(C(N)=S)cc1F. The van der Waals surface area contributed by atoms with Gasteiger partial charge in [-0.15, -0.1) is 11.3 Å². The van der Waals surface area contributed by atoms with Crippen molar-refractivity contribution < 1.29 is 9.18 Å². The van der Waals surface area contributed by atoms with E-state index >= 15 is 0 Å². The van der Waals surface area contributed by atoms with Crippen molar-refractivity contribution in [2.75, 3.05) is 0 Å². The average molecular weight is 308 g/mol. The first-order chi connectivity index (χ1) is 9.49. The van der Waals surface area contributed by atoms with Gasteiger partial charge in [-0.05, 0) is 30.0 Å². The van der Waals surface area contributed by atoms with Gasteiger partial charge in [0.1, 0.15) is 10.8 Å². The Labute approximate surface area is 125 Å². The number of benzene rings is 1. The first kappa shape index (κ1) is 14.6. The van der Waals surface area contributed by atoms with Gasteiger partial charge in [0.15, 0.2) is 0 Å². The summed E-state index contributed by atoms with van der Waals surface area (Å²) in [7, 11) is 0. The number of aryl methyl sites for hydroxylation is 1. The highest BCUT2D eigenvalue weighted by Gasteiger charge is 2.11. The van der Waals surface area contributed by atoms with Crippen molar-refractivity contribution in [3.63, 3.8) is 0 Å². The summed E-state index contributed by atoms with van der Waals surface area (Å²) in [6, 6.07) is 6.37. The van der Waals surface area contributed by atoms with E-state index in [9.17, 15) is 9.18 Å². The van der Waals surface area contributed by atoms with Crippen LogP contribution < -0.4 is 11.1 Å². The van der Waals surface area contributed by atoms with Gasteiger partial charge in [-0.3, -0.25) is 4.79 Å². The van der Waals surface area contributed by atoms with Crippen LogP contribution in [-0.4, -0.2) is 10.9 Å². The molecule has 0 radical (unpaired) electrons. The Balaban J connectivity index is 2.06. The van der Waals surface area contributed by atoms with Gasteiger partial charge in [-0.1, -0.05) is 24.4 Å². The fraction of sp³-hybridized carbons (Fsp3) is 0.143. The highest BCUT2D eigenvalue weighted by molar-refractivity contribution is 7.80. The summed E-state index contributed by atoms with van der Waals surface area (Å²) in [5, 5.41) is 4.55. The van der Waals surface area contributed by atoms with Crippen molar-refractivity contribution in [2.45, 2.75) is 13.5 Å². The van der Waals surface area contributed by atoms with E-state index in [0.29, 0.717) is 16.0 Å². The molecule has 0 saturated heterocycles. The van der Waals surface area contributed by atoms with E-state index in [4.69, 9.17) is 18.0 Å². The molecule has 0 bridgehead atoms. The zero-order valence-corrected chi connectivity index (χ0v) is 12.4. The number of nitrogens with one attached hydrogen (secondary N) is 1. The van der Waals surface area contributed by atoms with Crippen LogP contribution in [0.5, 0.6) is 0 Å². The number of hydrogen-bond donors (Lipinski definition) is 2. The lowest BCUT2D eigenvalue weighted by Gasteiger charge is -2.07. The van der Waals surface area contributed by atoms with E-state index in [1.54, 1.807) is 12.1 Å². The van der Waals surface area contributed by atoms with Crippen molar-refractivity contribution in [2.24, 2.45) is 5.73 Å². The monoisotopic (exact) mass is 308 g/mol. The van der Waals surface area contributed by atoms with Gasteiger partial charge < -0.3 is 11.1 Å². The Morgan fingerprint density at radius 2 is 2.20 bits per heavy atom. The van der Waals surface area contributed by atoms with Gasteiger partial charge in [0.25, 0.3) is 5.91 Å². The molecule has 0 spiro atoms. The number of carbonyl (C=O) groups excluding carboxylic acids is 1. The van der Waals surface area contributed by atoms with Crippen molar-refractivity contribution in [1.29, 1.82) is 0 Å². The van der Waals surface area contributed by atoms with Crippen LogP contribution >= 0.6 is 23.6 Å². The Bertz CT molecular complexity index is 667. The predicted octanol–water partition coefficient (Wildman–Crippen LogP) is 2.76. The summed E-state index contributed by atoms with van der Waals surface area (Å²) in [4.78, 5) is 12.7. The van der Waals surface area contributed by atoms with Crippen LogP contribution in [0.1, 0.15) is 26.4 Å². The molecule has 0 unspecified atom stereocenters. The summed E-state index contributed by atoms with van der Waals surface area (Å²) in [5.74, 6) is -0.631. The molecular weight excluding hydrogens is 295 g/mol. The Morgan fingerprint density at radius 1 is 1.45 bits per heavy atom. The van der Waals surface area contributed by atoms with Crippen LogP contribution in [0.2, 0.25) is 0 Å². The highest BCUT2D eigenvalue weighted by Crippen LogP contribution is 2.16. The second-order valence-corrected chi connectivity index (χ2v) is 5.64. The largest absolute Gasteiger partial charge is 0.389 e. The number of thiocarbonyl (C=S) groups is 1. The summed E-state index contributed by atoms with van der Waals surface area (Å²) < 4.78 is 13.8. The second kappa shape index (κ2) is 6.11. The van der Waals surface area contributed by atoms with Crippen molar-refractivity contribution >= 4 is 34.5 Å². The Kier molecular flexibility index (Phi) is 4.46. The molecule has 0 aliphatic rings. The number of amides is 1. The van der Waals surface area contributed by atoms with Crippen molar-refractivity contribution in [3.05, 3.63) is 57.0 Å². The molecule has 2 aromatic rings. The van der Waals surface area contributed by atoms with Crippen LogP contribution in [0.25, 0.3) is 0 Å². The molecule has 0 aliphatic carbocycles. The zero-order chi connectivity index (χ0) is 14.7. The average Bonchev–Trinajstić information content (AvgIpc) is 2.83. The third kappa shape index (κ3) is 3.20. The van der Waals surface area contributed by atoms with Crippen LogP contribution in [-0.2, 0) is 6.54 Å². The van der Waals surface area contributed by atoms with E-state index in [1.165, 1.54) is 17.4 Å². The summed E-state index contributed by atoms with van der Waals surface area (Å²) in [6.45, 7) is 1.99. The molecule has 0 fully saturated rings. The molecule has 0 saturated carbocycles. The fourth-order valence-electron chi connectivity index (χ4n) is 1.71. The van der Waals surface area contributed by atoms with Gasteiger partial charge in [-0.25, -0.2) is 4.39 Å². The van der Waals surface area contributed by atoms with Gasteiger partial charge in [-0.2, -0.15) is 0 Å². The van der Waals surface area contributed by atoms with Crippen molar-refractivity contribution in [1.82, 2.24) is 5.32 Å². The number of nitrogens with two attached hydrogens (primary N) is 1. The van der Waals surface area contributed by atoms with E-state index in [2.05, 4.69) is 5.32 Å². The quantitative estimate of drug-likeness (QED) is 0.854. The van der Waals surface area contributed by atoms with Crippen molar-refractivity contribution in [3.8, 4) is 0 Å². The molecule has 1 amide bonds. The van der Waals surface area contributed by atoms with Crippen LogP contribution in [0, 0.1) is 12.7 Å². The molecule has 3 N–H and O–H groups in total. The number of thiophene rings is 1. The zero-order valence-electron chi connectivity index (χ0n) is 10.8. The molecule has 1 aromatic carbocycles. The minimum absolute atomic E-state index is 0.125. The molecule has 1 aromatic heterocycles. The van der Waals surface area contributed by atoms with Crippen LogP contribution in [0.15, 0.2) is 29.6 Å². The Hall–Kier alpha value is -1.79. The van der Waals surface area contributed by atoms with Gasteiger partial charge in [0.05, 0.1) is 4.88 Å². The molecule has 6 heteroatoms. The molecule has 1 heterocycles. The van der Waals surface area contributed by atoms with Crippen LogP contribution in [0.4, 0.5) is 4.39 Å². The maximum absolute atomic E-state index is 13.8. The smallest absolute Gasteiger partial charge is 0.261 e. The summed E-state index contributed by atoms with van der Waals surface area (Å²) in [5.41, 5.74) is 7.22. The normalized spacial score (nSPS) is 10.3. The highest BCUT2D eigenvalue weighted by atomic mass is 32.1. The molecule has 3 nitrogen and oxygen atoms in total. The molecule has 0 atom stereocenters. The predicted molar refractivity (Wildman–Crippen MR) is 82.5 cm³/mol. The third-order valence-electron chi connectivity index (χ3n) is 2.85. The van der Waals surface area contributed by atoms with E-state index in [-0.39, 0.29) is 17.4 Å². The lowest BCUT2D eigenvalue weighted by atomic mass is 10.1. The minimum atomic E-state index is -0.432. The van der Waals surface area contributed by atoms with Gasteiger partial charge >= 0.3 is 0 Å². The summed E-state index contributed by atoms with van der Waals surface area (Å²) in [6.07, 6.45) is 0. The molecule has 20 heavy (non-hydrogen) atoms. The lowest BCUT2D eigenvalue weighted by molar-refractivity contribution is 0.0954. The first-order valence-corrected chi connectivity index (χ1v) is 7.18. The van der Waals surface area contributed by atoms with Gasteiger partial charge in [0.2, 0.25) is 0 Å². The standard InChI is InChI=1S/C14H13FN2OS2/c1-8-4-5-20-12(8)14(18)17-7-10-3-2-9(13(16)19)6-11(10)15/h2-6H,7H2,1H3,(H2,16,19)(H,17,18). The maximum atomic E-state index is 13.8. The molecule has 2 rings (SSSR count). The van der Waals surface area contributed by atoms with E-state index < -0.39 is 5.82 Å². The topological polar surface area (TPSA) is 55.1 Å². The van der Waals surface area contributed by atoms with E-state index in [0.717, 1.165) is 5.56 Å². The minimum Gasteiger partial charge on any atom is -0.389 e. The Morgan fingerprint density at radius 3 is 2.75 bits per heavy atom. The number of halogens is 1. The third-order valence-corrected chi connectivity index (χ3v) is 4.10. The van der Waals surface area contributed by atoms with Gasteiger partial charge in [0, 0.05) is 17.7 Å². The maximum Gasteiger partial charge on any atom is 0.261 e. The number of hydrogen-bond acceptors (Lipinski definition) is 3. The number of carbonyl (C=O) groups is 1. The van der Waals surface area contributed by atoms with E-state index in [1.807, 2.05) is 18.4 Å². The number of rotatable bonds is 4.